The molecule has 0 bridgehead atoms. The third-order valence-corrected chi connectivity index (χ3v) is 4.70. The van der Waals surface area contributed by atoms with Crippen LogP contribution in [-0.4, -0.2) is 18.4 Å². The second-order valence-electron chi connectivity index (χ2n) is 6.31. The molecule has 0 saturated heterocycles. The molecular formula is C20H22Cl2N2O2. The molecule has 0 aliphatic rings. The van der Waals surface area contributed by atoms with Gasteiger partial charge in [-0.3, -0.25) is 9.59 Å². The highest BCUT2D eigenvalue weighted by molar-refractivity contribution is 6.39. The summed E-state index contributed by atoms with van der Waals surface area (Å²) in [7, 11) is 0. The van der Waals surface area contributed by atoms with Crippen LogP contribution in [0.4, 0.5) is 11.4 Å². The van der Waals surface area contributed by atoms with Crippen LogP contribution in [-0.2, 0) is 9.59 Å². The standard InChI is InChI=1S/C20H22Cl2N2O2/c1-12-10-13(2)19(14(3)11-12)23-18(26)8-9-24(15(4)25)20-16(21)6-5-7-17(20)22/h5-7,10-11H,8-9H2,1-4H3,(H,23,26). The summed E-state index contributed by atoms with van der Waals surface area (Å²) in [6.45, 7) is 7.55. The first kappa shape index (κ1) is 20.3. The van der Waals surface area contributed by atoms with Crippen molar-refractivity contribution in [1.82, 2.24) is 0 Å². The Hall–Kier alpha value is -2.04. The highest BCUT2D eigenvalue weighted by Crippen LogP contribution is 2.33. The summed E-state index contributed by atoms with van der Waals surface area (Å²) in [6.07, 6.45) is 0.133. The van der Waals surface area contributed by atoms with E-state index in [4.69, 9.17) is 23.2 Å². The molecule has 26 heavy (non-hydrogen) atoms. The fraction of sp³-hybridized carbons (Fsp3) is 0.300. The van der Waals surface area contributed by atoms with E-state index in [9.17, 15) is 9.59 Å². The fourth-order valence-corrected chi connectivity index (χ4v) is 3.57. The van der Waals surface area contributed by atoms with Crippen molar-refractivity contribution in [2.75, 3.05) is 16.8 Å². The number of carbonyl (C=O) groups is 2. The summed E-state index contributed by atoms with van der Waals surface area (Å²) in [5, 5.41) is 3.68. The topological polar surface area (TPSA) is 49.4 Å². The zero-order chi connectivity index (χ0) is 19.4. The van der Waals surface area contributed by atoms with Crippen molar-refractivity contribution in [1.29, 1.82) is 0 Å². The first-order valence-electron chi connectivity index (χ1n) is 8.30. The van der Waals surface area contributed by atoms with Gasteiger partial charge in [0.1, 0.15) is 0 Å². The molecule has 0 spiro atoms. The Morgan fingerprint density at radius 3 is 2.08 bits per heavy atom. The summed E-state index contributed by atoms with van der Waals surface area (Å²) >= 11 is 12.4. The predicted molar refractivity (Wildman–Crippen MR) is 108 cm³/mol. The van der Waals surface area contributed by atoms with E-state index in [1.54, 1.807) is 18.2 Å². The van der Waals surface area contributed by atoms with Gasteiger partial charge >= 0.3 is 0 Å². The van der Waals surface area contributed by atoms with Gasteiger partial charge in [-0.2, -0.15) is 0 Å². The quantitative estimate of drug-likeness (QED) is 0.749. The number of hydrogen-bond acceptors (Lipinski definition) is 2. The maximum absolute atomic E-state index is 12.4. The van der Waals surface area contributed by atoms with E-state index in [1.165, 1.54) is 11.8 Å². The molecule has 2 aromatic rings. The van der Waals surface area contributed by atoms with E-state index in [0.717, 1.165) is 22.4 Å². The van der Waals surface area contributed by atoms with E-state index in [0.29, 0.717) is 15.7 Å². The van der Waals surface area contributed by atoms with Crippen molar-refractivity contribution in [3.05, 3.63) is 57.1 Å². The SMILES string of the molecule is CC(=O)N(CCC(=O)Nc1c(C)cc(C)cc1C)c1c(Cl)cccc1Cl. The second-order valence-corrected chi connectivity index (χ2v) is 7.13. The van der Waals surface area contributed by atoms with Crippen molar-refractivity contribution in [2.24, 2.45) is 0 Å². The molecular weight excluding hydrogens is 371 g/mol. The lowest BCUT2D eigenvalue weighted by Gasteiger charge is -2.23. The molecule has 0 aromatic heterocycles. The third kappa shape index (κ3) is 4.77. The van der Waals surface area contributed by atoms with E-state index in [1.807, 2.05) is 32.9 Å². The van der Waals surface area contributed by atoms with Gasteiger partial charge in [-0.25, -0.2) is 0 Å². The van der Waals surface area contributed by atoms with Crippen molar-refractivity contribution in [2.45, 2.75) is 34.1 Å². The van der Waals surface area contributed by atoms with E-state index < -0.39 is 0 Å². The Labute approximate surface area is 164 Å². The number of aryl methyl sites for hydroxylation is 3. The molecule has 0 aliphatic carbocycles. The van der Waals surface area contributed by atoms with E-state index in [-0.39, 0.29) is 24.8 Å². The van der Waals surface area contributed by atoms with Crippen LogP contribution in [0, 0.1) is 20.8 Å². The number of nitrogens with one attached hydrogen (secondary N) is 1. The molecule has 0 radical (unpaired) electrons. The summed E-state index contributed by atoms with van der Waals surface area (Å²) < 4.78 is 0. The normalized spacial score (nSPS) is 10.5. The lowest BCUT2D eigenvalue weighted by molar-refractivity contribution is -0.117. The molecule has 4 nitrogen and oxygen atoms in total. The van der Waals surface area contributed by atoms with Crippen LogP contribution >= 0.6 is 23.2 Å². The van der Waals surface area contributed by atoms with E-state index in [2.05, 4.69) is 5.32 Å². The smallest absolute Gasteiger partial charge is 0.226 e. The highest BCUT2D eigenvalue weighted by Gasteiger charge is 2.19. The van der Waals surface area contributed by atoms with E-state index >= 15 is 0 Å². The molecule has 2 aromatic carbocycles. The zero-order valence-electron chi connectivity index (χ0n) is 15.3. The third-order valence-electron chi connectivity index (χ3n) is 4.09. The predicted octanol–water partition coefficient (Wildman–Crippen LogP) is 5.30. The van der Waals surface area contributed by atoms with Crippen LogP contribution in [0.1, 0.15) is 30.0 Å². The maximum atomic E-state index is 12.4. The highest BCUT2D eigenvalue weighted by atomic mass is 35.5. The number of rotatable bonds is 5. The number of hydrogen-bond donors (Lipinski definition) is 1. The molecule has 6 heteroatoms. The molecule has 0 saturated carbocycles. The van der Waals surface area contributed by atoms with Gasteiger partial charge in [0.15, 0.2) is 0 Å². The van der Waals surface area contributed by atoms with Crippen LogP contribution in [0.25, 0.3) is 0 Å². The van der Waals surface area contributed by atoms with Gasteiger partial charge < -0.3 is 10.2 Å². The minimum atomic E-state index is -0.226. The number of nitrogens with zero attached hydrogens (tertiary/aromatic N) is 1. The average Bonchev–Trinajstić information content (AvgIpc) is 2.53. The summed E-state index contributed by atoms with van der Waals surface area (Å²) in [6, 6.07) is 9.08. The van der Waals surface area contributed by atoms with Gasteiger partial charge in [-0.1, -0.05) is 47.0 Å². The Balaban J connectivity index is 2.13. The molecule has 1 N–H and O–H groups in total. The number of carbonyl (C=O) groups excluding carboxylic acids is 2. The van der Waals surface area contributed by atoms with Crippen LogP contribution in [0.5, 0.6) is 0 Å². The summed E-state index contributed by atoms with van der Waals surface area (Å²) in [5.41, 5.74) is 4.40. The largest absolute Gasteiger partial charge is 0.326 e. The maximum Gasteiger partial charge on any atom is 0.226 e. The second kappa shape index (κ2) is 8.56. The average molecular weight is 393 g/mol. The summed E-state index contributed by atoms with van der Waals surface area (Å²) in [4.78, 5) is 25.9. The number of benzene rings is 2. The van der Waals surface area contributed by atoms with Crippen molar-refractivity contribution in [3.8, 4) is 0 Å². The number of halogens is 2. The first-order valence-corrected chi connectivity index (χ1v) is 9.06. The zero-order valence-corrected chi connectivity index (χ0v) is 16.8. The fourth-order valence-electron chi connectivity index (χ4n) is 2.97. The Morgan fingerprint density at radius 2 is 1.58 bits per heavy atom. The van der Waals surface area contributed by atoms with Crippen molar-refractivity contribution < 1.29 is 9.59 Å². The lowest BCUT2D eigenvalue weighted by atomic mass is 10.0. The van der Waals surface area contributed by atoms with Gasteiger partial charge in [-0.15, -0.1) is 0 Å². The molecule has 2 amide bonds. The Morgan fingerprint density at radius 1 is 1.04 bits per heavy atom. The molecule has 2 rings (SSSR count). The summed E-state index contributed by atoms with van der Waals surface area (Å²) in [5.74, 6) is -0.398. The van der Waals surface area contributed by atoms with Crippen molar-refractivity contribution in [3.63, 3.8) is 0 Å². The van der Waals surface area contributed by atoms with Crippen molar-refractivity contribution >= 4 is 46.4 Å². The molecule has 0 heterocycles. The van der Waals surface area contributed by atoms with Crippen LogP contribution in [0.3, 0.4) is 0 Å². The first-order chi connectivity index (χ1) is 12.2. The number of anilines is 2. The van der Waals surface area contributed by atoms with Gasteiger partial charge in [-0.05, 0) is 44.0 Å². The lowest BCUT2D eigenvalue weighted by Crippen LogP contribution is -2.32. The molecule has 0 unspecified atom stereocenters. The van der Waals surface area contributed by atoms with Gasteiger partial charge in [0.05, 0.1) is 15.7 Å². The number of para-hydroxylation sites is 1. The molecule has 138 valence electrons. The molecule has 0 aliphatic heterocycles. The Kier molecular flexibility index (Phi) is 6.68. The van der Waals surface area contributed by atoms with Crippen LogP contribution < -0.4 is 10.2 Å². The molecule has 0 fully saturated rings. The van der Waals surface area contributed by atoms with Crippen LogP contribution in [0.2, 0.25) is 10.0 Å². The van der Waals surface area contributed by atoms with Gasteiger partial charge in [0.2, 0.25) is 11.8 Å². The van der Waals surface area contributed by atoms with Gasteiger partial charge in [0.25, 0.3) is 0 Å². The minimum absolute atomic E-state index is 0.133. The van der Waals surface area contributed by atoms with Gasteiger partial charge in [0, 0.05) is 25.6 Å². The Bertz CT molecular complexity index is 806. The number of amides is 2. The monoisotopic (exact) mass is 392 g/mol. The molecule has 0 atom stereocenters. The minimum Gasteiger partial charge on any atom is -0.326 e. The van der Waals surface area contributed by atoms with Crippen LogP contribution in [0.15, 0.2) is 30.3 Å².